The number of nitrogens with one attached hydrogen (secondary N) is 2. The van der Waals surface area contributed by atoms with Crippen molar-refractivity contribution < 1.29 is 13.9 Å². The fourth-order valence-electron chi connectivity index (χ4n) is 2.59. The van der Waals surface area contributed by atoms with E-state index < -0.39 is 29.4 Å². The Kier molecular flexibility index (Phi) is 4.83. The van der Waals surface area contributed by atoms with Crippen LogP contribution in [0.1, 0.15) is 6.92 Å². The van der Waals surface area contributed by atoms with E-state index >= 15 is 0 Å². The topological polar surface area (TPSA) is 93.2 Å². The molecule has 0 radical (unpaired) electrons. The lowest BCUT2D eigenvalue weighted by atomic mass is 10.2. The first-order valence-electron chi connectivity index (χ1n) is 7.93. The van der Waals surface area contributed by atoms with Crippen LogP contribution in [0.2, 0.25) is 0 Å². The lowest BCUT2D eigenvalue weighted by Crippen LogP contribution is -2.38. The number of anilines is 1. The highest BCUT2D eigenvalue weighted by Crippen LogP contribution is 2.23. The van der Waals surface area contributed by atoms with E-state index in [2.05, 4.69) is 10.3 Å². The zero-order valence-corrected chi connectivity index (χ0v) is 13.9. The number of amides is 1. The molecule has 0 unspecified atom stereocenters. The number of aromatic nitrogens is 2. The predicted molar refractivity (Wildman–Crippen MR) is 95.0 cm³/mol. The molecule has 8 heteroatoms. The third-order valence-corrected chi connectivity index (χ3v) is 3.70. The number of H-pyrrole nitrogens is 1. The van der Waals surface area contributed by atoms with Crippen LogP contribution in [0.4, 0.5) is 10.1 Å². The summed E-state index contributed by atoms with van der Waals surface area (Å²) in [6.45, 7) is 1.85. The summed E-state index contributed by atoms with van der Waals surface area (Å²) in [5.41, 5.74) is -0.975. The predicted octanol–water partition coefficient (Wildman–Crippen LogP) is 1.87. The quantitative estimate of drug-likeness (QED) is 0.682. The number of halogens is 1. The molecule has 0 aliphatic heterocycles. The molecule has 7 nitrogen and oxygen atoms in total. The average Bonchev–Trinajstić information content (AvgIpc) is 2.60. The molecule has 1 heterocycles. The summed E-state index contributed by atoms with van der Waals surface area (Å²) in [6, 6.07) is 10.4. The van der Waals surface area contributed by atoms with Gasteiger partial charge in [0.2, 0.25) is 5.91 Å². The first-order chi connectivity index (χ1) is 12.5. The Morgan fingerprint density at radius 1 is 1.23 bits per heavy atom. The van der Waals surface area contributed by atoms with E-state index in [1.807, 2.05) is 6.92 Å². The van der Waals surface area contributed by atoms with Gasteiger partial charge < -0.3 is 15.0 Å². The number of benzene rings is 2. The molecule has 2 N–H and O–H groups in total. The van der Waals surface area contributed by atoms with Crippen LogP contribution in [0.15, 0.2) is 52.1 Å². The number of rotatable bonds is 5. The second kappa shape index (κ2) is 7.22. The number of fused-ring (bicyclic) bond motifs is 1. The molecule has 0 bridgehead atoms. The fraction of sp³-hybridized carbons (Fsp3) is 0.167. The first-order valence-corrected chi connectivity index (χ1v) is 7.93. The summed E-state index contributed by atoms with van der Waals surface area (Å²) < 4.78 is 19.8. The van der Waals surface area contributed by atoms with E-state index in [1.54, 1.807) is 24.3 Å². The molecule has 1 aromatic heterocycles. The van der Waals surface area contributed by atoms with Crippen LogP contribution in [0.3, 0.4) is 0 Å². The maximum absolute atomic E-state index is 13.4. The Balaban J connectivity index is 1.94. The van der Waals surface area contributed by atoms with Gasteiger partial charge in [0.15, 0.2) is 0 Å². The largest absolute Gasteiger partial charge is 0.492 e. The van der Waals surface area contributed by atoms with E-state index in [-0.39, 0.29) is 11.0 Å². The van der Waals surface area contributed by atoms with Gasteiger partial charge in [0, 0.05) is 0 Å². The number of carbonyl (C=O) groups is 1. The first kappa shape index (κ1) is 17.4. The molecule has 0 atom stereocenters. The van der Waals surface area contributed by atoms with Crippen molar-refractivity contribution in [1.82, 2.24) is 9.55 Å². The van der Waals surface area contributed by atoms with Crippen LogP contribution >= 0.6 is 0 Å². The highest BCUT2D eigenvalue weighted by molar-refractivity contribution is 5.92. The van der Waals surface area contributed by atoms with Crippen LogP contribution in [0.25, 0.3) is 11.0 Å². The van der Waals surface area contributed by atoms with E-state index in [0.29, 0.717) is 18.0 Å². The zero-order chi connectivity index (χ0) is 18.7. The van der Waals surface area contributed by atoms with Gasteiger partial charge in [-0.25, -0.2) is 4.39 Å². The fourth-order valence-corrected chi connectivity index (χ4v) is 2.59. The normalized spacial score (nSPS) is 10.7. The third-order valence-electron chi connectivity index (χ3n) is 3.70. The van der Waals surface area contributed by atoms with Gasteiger partial charge in [-0.15, -0.1) is 0 Å². The Labute approximate surface area is 147 Å². The number of ether oxygens (including phenoxy) is 1. The lowest BCUT2D eigenvalue weighted by Gasteiger charge is -2.13. The molecule has 1 amide bonds. The number of para-hydroxylation sites is 2. The molecule has 3 aromatic rings. The minimum atomic E-state index is -0.925. The van der Waals surface area contributed by atoms with Crippen molar-refractivity contribution in [2.45, 2.75) is 13.5 Å². The summed E-state index contributed by atoms with van der Waals surface area (Å²) in [5, 5.41) is 2.66. The summed E-state index contributed by atoms with van der Waals surface area (Å²) in [6.07, 6.45) is 0. The lowest BCUT2D eigenvalue weighted by molar-refractivity contribution is -0.116. The highest BCUT2D eigenvalue weighted by Gasteiger charge is 2.13. The standard InChI is InChI=1S/C18H16FN3O4/c1-2-26-15-6-4-3-5-12(15)20-16(23)10-22-14-8-7-11(19)9-13(14)21-17(24)18(22)25/h3-9H,2,10H2,1H3,(H,20,23)(H,21,24). The maximum atomic E-state index is 13.4. The minimum absolute atomic E-state index is 0.136. The number of hydrogen-bond donors (Lipinski definition) is 2. The van der Waals surface area contributed by atoms with Crippen LogP contribution in [0.5, 0.6) is 5.75 Å². The van der Waals surface area contributed by atoms with Crippen molar-refractivity contribution in [3.8, 4) is 5.75 Å². The van der Waals surface area contributed by atoms with E-state index in [0.717, 1.165) is 16.7 Å². The third kappa shape index (κ3) is 3.49. The second-order valence-corrected chi connectivity index (χ2v) is 5.48. The average molecular weight is 357 g/mol. The second-order valence-electron chi connectivity index (χ2n) is 5.48. The number of carbonyl (C=O) groups excluding carboxylic acids is 1. The van der Waals surface area contributed by atoms with Gasteiger partial charge in [0.05, 0.1) is 23.3 Å². The van der Waals surface area contributed by atoms with Gasteiger partial charge >= 0.3 is 11.1 Å². The molecular formula is C18H16FN3O4. The summed E-state index contributed by atoms with van der Waals surface area (Å²) in [7, 11) is 0. The summed E-state index contributed by atoms with van der Waals surface area (Å²) in [5.74, 6) is -0.586. The van der Waals surface area contributed by atoms with Crippen LogP contribution in [-0.2, 0) is 11.3 Å². The molecule has 0 saturated heterocycles. The molecule has 0 aliphatic rings. The highest BCUT2D eigenvalue weighted by atomic mass is 19.1. The molecule has 26 heavy (non-hydrogen) atoms. The van der Waals surface area contributed by atoms with Crippen LogP contribution in [-0.4, -0.2) is 22.1 Å². The van der Waals surface area contributed by atoms with Gasteiger partial charge in [0.25, 0.3) is 0 Å². The summed E-state index contributed by atoms with van der Waals surface area (Å²) >= 11 is 0. The van der Waals surface area contributed by atoms with Crippen molar-refractivity contribution in [3.05, 3.63) is 69.0 Å². The SMILES string of the molecule is CCOc1ccccc1NC(=O)Cn1c(=O)c(=O)[nH]c2cc(F)ccc21. The van der Waals surface area contributed by atoms with Gasteiger partial charge in [0.1, 0.15) is 18.1 Å². The Hall–Kier alpha value is -3.42. The van der Waals surface area contributed by atoms with Crippen LogP contribution < -0.4 is 21.2 Å². The summed E-state index contributed by atoms with van der Waals surface area (Å²) in [4.78, 5) is 38.6. The number of hydrogen-bond acceptors (Lipinski definition) is 4. The van der Waals surface area contributed by atoms with Gasteiger partial charge in [-0.3, -0.25) is 19.0 Å². The van der Waals surface area contributed by atoms with Gasteiger partial charge in [-0.05, 0) is 37.3 Å². The Bertz CT molecular complexity index is 1090. The maximum Gasteiger partial charge on any atom is 0.317 e. The van der Waals surface area contributed by atoms with Crippen molar-refractivity contribution in [3.63, 3.8) is 0 Å². The van der Waals surface area contributed by atoms with Crippen molar-refractivity contribution >= 4 is 22.6 Å². The van der Waals surface area contributed by atoms with Crippen molar-refractivity contribution in [1.29, 1.82) is 0 Å². The molecule has 0 spiro atoms. The molecular weight excluding hydrogens is 341 g/mol. The molecule has 2 aromatic carbocycles. The Morgan fingerprint density at radius 2 is 2.00 bits per heavy atom. The van der Waals surface area contributed by atoms with E-state index in [4.69, 9.17) is 4.74 Å². The molecule has 0 fully saturated rings. The number of nitrogens with zero attached hydrogens (tertiary/aromatic N) is 1. The molecule has 134 valence electrons. The van der Waals surface area contributed by atoms with Gasteiger partial charge in [-0.1, -0.05) is 12.1 Å². The minimum Gasteiger partial charge on any atom is -0.492 e. The molecule has 0 aliphatic carbocycles. The molecule has 3 rings (SSSR count). The van der Waals surface area contributed by atoms with Gasteiger partial charge in [-0.2, -0.15) is 0 Å². The van der Waals surface area contributed by atoms with Crippen LogP contribution in [0, 0.1) is 5.82 Å². The van der Waals surface area contributed by atoms with E-state index in [1.165, 1.54) is 6.07 Å². The molecule has 0 saturated carbocycles. The Morgan fingerprint density at radius 3 is 2.77 bits per heavy atom. The van der Waals surface area contributed by atoms with E-state index in [9.17, 15) is 18.8 Å². The monoisotopic (exact) mass is 357 g/mol. The zero-order valence-electron chi connectivity index (χ0n) is 13.9. The smallest absolute Gasteiger partial charge is 0.317 e. The van der Waals surface area contributed by atoms with Crippen molar-refractivity contribution in [2.75, 3.05) is 11.9 Å². The van der Waals surface area contributed by atoms with Crippen molar-refractivity contribution in [2.24, 2.45) is 0 Å². The number of aromatic amines is 1.